The van der Waals surface area contributed by atoms with Crippen molar-refractivity contribution in [2.45, 2.75) is 12.5 Å². The van der Waals surface area contributed by atoms with Gasteiger partial charge in [0.1, 0.15) is 5.75 Å². The number of nitrogens with one attached hydrogen (secondary N) is 1. The molecule has 0 aliphatic carbocycles. The van der Waals surface area contributed by atoms with E-state index in [4.69, 9.17) is 16.3 Å². The molecule has 1 unspecified atom stereocenters. The molecule has 1 aliphatic rings. The highest BCUT2D eigenvalue weighted by molar-refractivity contribution is 6.30. The van der Waals surface area contributed by atoms with Crippen LogP contribution >= 0.6 is 11.6 Å². The van der Waals surface area contributed by atoms with Crippen molar-refractivity contribution in [3.8, 4) is 5.75 Å². The van der Waals surface area contributed by atoms with Crippen molar-refractivity contribution < 1.29 is 4.74 Å². The van der Waals surface area contributed by atoms with E-state index in [9.17, 15) is 0 Å². The predicted molar refractivity (Wildman–Crippen MR) is 70.9 cm³/mol. The molecule has 0 spiro atoms. The summed E-state index contributed by atoms with van der Waals surface area (Å²) < 4.78 is 5.41. The van der Waals surface area contributed by atoms with E-state index >= 15 is 0 Å². The van der Waals surface area contributed by atoms with Gasteiger partial charge in [-0.2, -0.15) is 0 Å². The van der Waals surface area contributed by atoms with Crippen LogP contribution in [0.3, 0.4) is 0 Å². The van der Waals surface area contributed by atoms with Crippen molar-refractivity contribution in [3.05, 3.63) is 28.8 Å². The van der Waals surface area contributed by atoms with Gasteiger partial charge in [-0.1, -0.05) is 11.6 Å². The first kappa shape index (κ1) is 12.7. The largest absolute Gasteiger partial charge is 0.496 e. The third-order valence-electron chi connectivity index (χ3n) is 3.17. The molecule has 1 aliphatic heterocycles. The molecule has 2 rings (SSSR count). The summed E-state index contributed by atoms with van der Waals surface area (Å²) in [5.41, 5.74) is 1.15. The number of likely N-dealkylation sites (N-methyl/N-ethyl adjacent to an activating group) is 1. The second kappa shape index (κ2) is 5.71. The van der Waals surface area contributed by atoms with E-state index in [1.54, 1.807) is 7.11 Å². The van der Waals surface area contributed by atoms with Crippen LogP contribution in [0.5, 0.6) is 5.75 Å². The fourth-order valence-electron chi connectivity index (χ4n) is 2.28. The van der Waals surface area contributed by atoms with Crippen LogP contribution < -0.4 is 10.1 Å². The zero-order chi connectivity index (χ0) is 12.3. The molecule has 1 aromatic rings. The van der Waals surface area contributed by atoms with Crippen molar-refractivity contribution in [3.63, 3.8) is 0 Å². The Kier molecular flexibility index (Phi) is 4.26. The van der Waals surface area contributed by atoms with Gasteiger partial charge in [-0.25, -0.2) is 0 Å². The number of benzene rings is 1. The standard InChI is InChI=1S/C13H19ClN2O/c1-16-7-3-6-15-12(9-16)11-8-10(14)4-5-13(11)17-2/h4-5,8,12,15H,3,6-7,9H2,1-2H3. The summed E-state index contributed by atoms with van der Waals surface area (Å²) >= 11 is 6.07. The molecular formula is C13H19ClN2O. The Morgan fingerprint density at radius 3 is 3.06 bits per heavy atom. The average Bonchev–Trinajstić information content (AvgIpc) is 2.54. The Morgan fingerprint density at radius 2 is 2.29 bits per heavy atom. The quantitative estimate of drug-likeness (QED) is 0.877. The van der Waals surface area contributed by atoms with Crippen LogP contribution in [0.4, 0.5) is 0 Å². The first-order chi connectivity index (χ1) is 8.20. The maximum Gasteiger partial charge on any atom is 0.123 e. The normalized spacial score (nSPS) is 22.2. The first-order valence-corrected chi connectivity index (χ1v) is 6.34. The fourth-order valence-corrected chi connectivity index (χ4v) is 2.46. The minimum atomic E-state index is 0.288. The molecule has 1 aromatic carbocycles. The molecule has 0 bridgehead atoms. The molecule has 17 heavy (non-hydrogen) atoms. The highest BCUT2D eigenvalue weighted by Gasteiger charge is 2.20. The Hall–Kier alpha value is -0.770. The van der Waals surface area contributed by atoms with Crippen molar-refractivity contribution in [2.24, 2.45) is 0 Å². The lowest BCUT2D eigenvalue weighted by Gasteiger charge is -2.22. The summed E-state index contributed by atoms with van der Waals surface area (Å²) in [7, 11) is 3.85. The molecule has 0 saturated carbocycles. The first-order valence-electron chi connectivity index (χ1n) is 5.96. The Balaban J connectivity index is 2.27. The smallest absolute Gasteiger partial charge is 0.123 e. The highest BCUT2D eigenvalue weighted by atomic mass is 35.5. The maximum absolute atomic E-state index is 6.07. The maximum atomic E-state index is 6.07. The molecule has 0 radical (unpaired) electrons. The van der Waals surface area contributed by atoms with Gasteiger partial charge in [0.25, 0.3) is 0 Å². The number of rotatable bonds is 2. The highest BCUT2D eigenvalue weighted by Crippen LogP contribution is 2.29. The number of methoxy groups -OCH3 is 1. The Morgan fingerprint density at radius 1 is 1.47 bits per heavy atom. The number of nitrogens with zero attached hydrogens (tertiary/aromatic N) is 1. The number of ether oxygens (including phenoxy) is 1. The van der Waals surface area contributed by atoms with E-state index in [0.717, 1.165) is 36.0 Å². The van der Waals surface area contributed by atoms with Crippen LogP contribution in [0.2, 0.25) is 5.02 Å². The summed E-state index contributed by atoms with van der Waals surface area (Å²) in [6.07, 6.45) is 1.18. The Labute approximate surface area is 108 Å². The van der Waals surface area contributed by atoms with Gasteiger partial charge >= 0.3 is 0 Å². The SMILES string of the molecule is COc1ccc(Cl)cc1C1CN(C)CCCN1. The molecule has 4 heteroatoms. The molecule has 1 heterocycles. The van der Waals surface area contributed by atoms with E-state index < -0.39 is 0 Å². The van der Waals surface area contributed by atoms with Crippen molar-refractivity contribution >= 4 is 11.6 Å². The fraction of sp³-hybridized carbons (Fsp3) is 0.538. The van der Waals surface area contributed by atoms with Gasteiger partial charge in [-0.15, -0.1) is 0 Å². The third-order valence-corrected chi connectivity index (χ3v) is 3.40. The number of halogens is 1. The summed E-state index contributed by atoms with van der Waals surface area (Å²) in [5, 5.41) is 4.31. The second-order valence-electron chi connectivity index (χ2n) is 4.51. The molecule has 1 saturated heterocycles. The topological polar surface area (TPSA) is 24.5 Å². The van der Waals surface area contributed by atoms with Crippen LogP contribution in [0.15, 0.2) is 18.2 Å². The molecule has 1 atom stereocenters. The van der Waals surface area contributed by atoms with Gasteiger partial charge in [0, 0.05) is 23.2 Å². The molecular weight excluding hydrogens is 236 g/mol. The number of hydrogen-bond donors (Lipinski definition) is 1. The summed E-state index contributed by atoms with van der Waals surface area (Å²) in [4.78, 5) is 2.34. The summed E-state index contributed by atoms with van der Waals surface area (Å²) in [6, 6.07) is 6.09. The summed E-state index contributed by atoms with van der Waals surface area (Å²) in [6.45, 7) is 3.15. The third kappa shape index (κ3) is 3.12. The van der Waals surface area contributed by atoms with Crippen LogP contribution in [0, 0.1) is 0 Å². The zero-order valence-corrected chi connectivity index (χ0v) is 11.1. The molecule has 3 nitrogen and oxygen atoms in total. The van der Waals surface area contributed by atoms with Crippen molar-refractivity contribution in [1.82, 2.24) is 10.2 Å². The van der Waals surface area contributed by atoms with E-state index in [-0.39, 0.29) is 6.04 Å². The summed E-state index contributed by atoms with van der Waals surface area (Å²) in [5.74, 6) is 0.905. The van der Waals surface area contributed by atoms with Crippen molar-refractivity contribution in [2.75, 3.05) is 33.8 Å². The molecule has 94 valence electrons. The van der Waals surface area contributed by atoms with Crippen molar-refractivity contribution in [1.29, 1.82) is 0 Å². The van der Waals surface area contributed by atoms with Gasteiger partial charge in [-0.3, -0.25) is 0 Å². The molecule has 1 N–H and O–H groups in total. The number of hydrogen-bond acceptors (Lipinski definition) is 3. The molecule has 0 amide bonds. The van der Waals surface area contributed by atoms with E-state index in [2.05, 4.69) is 17.3 Å². The van der Waals surface area contributed by atoms with Gasteiger partial charge in [-0.05, 0) is 44.8 Å². The van der Waals surface area contributed by atoms with Gasteiger partial charge in [0.05, 0.1) is 7.11 Å². The lowest BCUT2D eigenvalue weighted by Crippen LogP contribution is -2.29. The van der Waals surface area contributed by atoms with Gasteiger partial charge < -0.3 is 15.0 Å². The lowest BCUT2D eigenvalue weighted by atomic mass is 10.1. The minimum absolute atomic E-state index is 0.288. The minimum Gasteiger partial charge on any atom is -0.496 e. The predicted octanol–water partition coefficient (Wildman–Crippen LogP) is 2.31. The van der Waals surface area contributed by atoms with E-state index in [0.29, 0.717) is 0 Å². The Bertz CT molecular complexity index is 384. The van der Waals surface area contributed by atoms with Gasteiger partial charge in [0.15, 0.2) is 0 Å². The monoisotopic (exact) mass is 254 g/mol. The molecule has 0 aromatic heterocycles. The van der Waals surface area contributed by atoms with E-state index in [1.807, 2.05) is 18.2 Å². The van der Waals surface area contributed by atoms with Crippen LogP contribution in [-0.4, -0.2) is 38.7 Å². The van der Waals surface area contributed by atoms with Crippen LogP contribution in [0.25, 0.3) is 0 Å². The van der Waals surface area contributed by atoms with Crippen LogP contribution in [-0.2, 0) is 0 Å². The lowest BCUT2D eigenvalue weighted by molar-refractivity contribution is 0.320. The second-order valence-corrected chi connectivity index (χ2v) is 4.95. The molecule has 1 fully saturated rings. The average molecular weight is 255 g/mol. The zero-order valence-electron chi connectivity index (χ0n) is 10.4. The van der Waals surface area contributed by atoms with Gasteiger partial charge in [0.2, 0.25) is 0 Å². The van der Waals surface area contributed by atoms with Crippen LogP contribution in [0.1, 0.15) is 18.0 Å². The van der Waals surface area contributed by atoms with E-state index in [1.165, 1.54) is 6.42 Å².